The Labute approximate surface area is 134 Å². The Morgan fingerprint density at radius 3 is 2.91 bits per heavy atom. The fourth-order valence-electron chi connectivity index (χ4n) is 3.68. The van der Waals surface area contributed by atoms with Gasteiger partial charge < -0.3 is 19.1 Å². The lowest BCUT2D eigenvalue weighted by Gasteiger charge is -2.28. The molecule has 0 radical (unpaired) electrons. The number of anilines is 1. The number of carbonyl (C=O) groups is 2. The predicted molar refractivity (Wildman–Crippen MR) is 86.5 cm³/mol. The molecule has 0 spiro atoms. The molecule has 1 aromatic carbocycles. The molecule has 0 N–H and O–H groups in total. The van der Waals surface area contributed by atoms with Crippen molar-refractivity contribution in [2.24, 2.45) is 0 Å². The largest absolute Gasteiger partial charge is 0.450 e. The molecule has 2 aromatic rings. The minimum atomic E-state index is -0.265. The van der Waals surface area contributed by atoms with Gasteiger partial charge in [-0.2, -0.15) is 0 Å². The lowest BCUT2D eigenvalue weighted by Crippen LogP contribution is -2.38. The van der Waals surface area contributed by atoms with E-state index in [2.05, 4.69) is 10.6 Å². The smallest absolute Gasteiger partial charge is 0.410 e. The second kappa shape index (κ2) is 5.01. The maximum atomic E-state index is 12.3. The number of ether oxygens (including phenoxy) is 1. The van der Waals surface area contributed by atoms with Crippen molar-refractivity contribution in [1.29, 1.82) is 0 Å². The molecule has 0 saturated carbocycles. The molecule has 0 atom stereocenters. The first-order valence-corrected chi connectivity index (χ1v) is 7.93. The van der Waals surface area contributed by atoms with E-state index in [1.165, 1.54) is 5.69 Å². The van der Waals surface area contributed by atoms with Crippen LogP contribution in [0.1, 0.15) is 18.2 Å². The van der Waals surface area contributed by atoms with Crippen LogP contribution in [0.3, 0.4) is 0 Å². The lowest BCUT2D eigenvalue weighted by atomic mass is 10.0. The van der Waals surface area contributed by atoms with Crippen molar-refractivity contribution in [3.05, 3.63) is 29.5 Å². The quantitative estimate of drug-likeness (QED) is 0.810. The van der Waals surface area contributed by atoms with E-state index in [-0.39, 0.29) is 12.0 Å². The van der Waals surface area contributed by atoms with Gasteiger partial charge in [-0.15, -0.1) is 0 Å². The van der Waals surface area contributed by atoms with Gasteiger partial charge in [-0.1, -0.05) is 12.1 Å². The second-order valence-electron chi connectivity index (χ2n) is 6.01. The number of rotatable bonds is 1. The van der Waals surface area contributed by atoms with Crippen molar-refractivity contribution < 1.29 is 14.3 Å². The molecule has 6 heteroatoms. The van der Waals surface area contributed by atoms with Crippen LogP contribution in [0, 0.1) is 0 Å². The van der Waals surface area contributed by atoms with E-state index in [1.807, 2.05) is 26.1 Å². The summed E-state index contributed by atoms with van der Waals surface area (Å²) in [5, 5.41) is 1.13. The van der Waals surface area contributed by atoms with E-state index in [4.69, 9.17) is 4.74 Å². The number of nitrogens with zero attached hydrogens (tertiary/aromatic N) is 3. The van der Waals surface area contributed by atoms with Gasteiger partial charge in [0, 0.05) is 36.7 Å². The zero-order valence-electron chi connectivity index (χ0n) is 13.3. The molecule has 2 amide bonds. The van der Waals surface area contributed by atoms with Crippen molar-refractivity contribution in [2.75, 3.05) is 25.1 Å². The molecule has 0 fully saturated rings. The third-order valence-corrected chi connectivity index (χ3v) is 4.81. The highest BCUT2D eigenvalue weighted by Gasteiger charge is 2.32. The summed E-state index contributed by atoms with van der Waals surface area (Å²) in [6, 6.07) is 6.03. The average molecular weight is 313 g/mol. The molecule has 4 rings (SSSR count). The SMILES string of the molecule is CCOC(=O)N1CCc2c(c3cccc4c3n2CC(=O)N4C)C1. The van der Waals surface area contributed by atoms with E-state index in [9.17, 15) is 9.59 Å². The summed E-state index contributed by atoms with van der Waals surface area (Å²) in [5.74, 6) is 0.0937. The first kappa shape index (κ1) is 14.1. The number of fused-ring (bicyclic) bond motifs is 3. The van der Waals surface area contributed by atoms with Crippen LogP contribution in [0.2, 0.25) is 0 Å². The van der Waals surface area contributed by atoms with Gasteiger partial charge >= 0.3 is 6.09 Å². The zero-order valence-corrected chi connectivity index (χ0v) is 13.3. The molecule has 0 unspecified atom stereocenters. The normalized spacial score (nSPS) is 16.7. The summed E-state index contributed by atoms with van der Waals surface area (Å²) in [7, 11) is 1.82. The van der Waals surface area contributed by atoms with E-state index in [0.29, 0.717) is 26.2 Å². The van der Waals surface area contributed by atoms with Crippen LogP contribution in [0.15, 0.2) is 18.2 Å². The summed E-state index contributed by atoms with van der Waals surface area (Å²) < 4.78 is 7.26. The van der Waals surface area contributed by atoms with Gasteiger partial charge in [-0.05, 0) is 13.0 Å². The minimum Gasteiger partial charge on any atom is -0.450 e. The molecular weight excluding hydrogens is 294 g/mol. The van der Waals surface area contributed by atoms with Gasteiger partial charge in [-0.25, -0.2) is 4.79 Å². The Kier molecular flexibility index (Phi) is 3.07. The average Bonchev–Trinajstić information content (AvgIpc) is 2.87. The summed E-state index contributed by atoms with van der Waals surface area (Å²) >= 11 is 0. The highest BCUT2D eigenvalue weighted by Crippen LogP contribution is 2.38. The Morgan fingerprint density at radius 2 is 2.13 bits per heavy atom. The van der Waals surface area contributed by atoms with Crippen molar-refractivity contribution >= 4 is 28.6 Å². The minimum absolute atomic E-state index is 0.0937. The standard InChI is InChI=1S/C17H19N3O3/c1-3-23-17(22)19-8-7-13-12(9-19)11-5-4-6-14-16(11)20(13)10-15(21)18(14)2/h4-6H,3,7-10H2,1-2H3. The number of aromatic nitrogens is 1. The van der Waals surface area contributed by atoms with Crippen LogP contribution in [-0.2, 0) is 29.0 Å². The third-order valence-electron chi connectivity index (χ3n) is 4.81. The fraction of sp³-hybridized carbons (Fsp3) is 0.412. The summed E-state index contributed by atoms with van der Waals surface area (Å²) in [5.41, 5.74) is 4.36. The molecule has 120 valence electrons. The van der Waals surface area contributed by atoms with Crippen molar-refractivity contribution in [1.82, 2.24) is 9.47 Å². The van der Waals surface area contributed by atoms with Gasteiger partial charge in [-0.3, -0.25) is 4.79 Å². The predicted octanol–water partition coefficient (Wildman–Crippen LogP) is 2.13. The van der Waals surface area contributed by atoms with Crippen LogP contribution < -0.4 is 4.90 Å². The van der Waals surface area contributed by atoms with E-state index < -0.39 is 0 Å². The molecule has 0 bridgehead atoms. The first-order valence-electron chi connectivity index (χ1n) is 7.93. The van der Waals surface area contributed by atoms with Gasteiger partial charge in [0.2, 0.25) is 5.91 Å². The topological polar surface area (TPSA) is 54.8 Å². The van der Waals surface area contributed by atoms with Crippen LogP contribution in [0.25, 0.3) is 10.9 Å². The maximum absolute atomic E-state index is 12.3. The number of likely N-dealkylation sites (N-methyl/N-ethyl adjacent to an activating group) is 1. The van der Waals surface area contributed by atoms with E-state index >= 15 is 0 Å². The molecular formula is C17H19N3O3. The Hall–Kier alpha value is -2.50. The summed E-state index contributed by atoms with van der Waals surface area (Å²) in [6.45, 7) is 3.74. The highest BCUT2D eigenvalue weighted by molar-refractivity contribution is 6.07. The second-order valence-corrected chi connectivity index (χ2v) is 6.01. The van der Waals surface area contributed by atoms with Crippen LogP contribution in [0.4, 0.5) is 10.5 Å². The van der Waals surface area contributed by atoms with Gasteiger partial charge in [0.1, 0.15) is 6.54 Å². The molecule has 3 heterocycles. The highest BCUT2D eigenvalue weighted by atomic mass is 16.6. The first-order chi connectivity index (χ1) is 11.1. The Bertz CT molecular complexity index is 824. The molecule has 1 aromatic heterocycles. The number of amides is 2. The Morgan fingerprint density at radius 1 is 1.30 bits per heavy atom. The van der Waals surface area contributed by atoms with Gasteiger partial charge in [0.05, 0.1) is 24.4 Å². The molecule has 0 saturated heterocycles. The fourth-order valence-corrected chi connectivity index (χ4v) is 3.68. The zero-order chi connectivity index (χ0) is 16.1. The third kappa shape index (κ3) is 1.94. The molecule has 23 heavy (non-hydrogen) atoms. The van der Waals surface area contributed by atoms with E-state index in [0.717, 1.165) is 28.6 Å². The molecule has 2 aliphatic heterocycles. The van der Waals surface area contributed by atoms with Crippen LogP contribution in [-0.4, -0.2) is 41.7 Å². The van der Waals surface area contributed by atoms with E-state index in [1.54, 1.807) is 9.80 Å². The van der Waals surface area contributed by atoms with Gasteiger partial charge in [0.25, 0.3) is 0 Å². The number of hydrogen-bond acceptors (Lipinski definition) is 3. The number of hydrogen-bond donors (Lipinski definition) is 0. The van der Waals surface area contributed by atoms with Crippen molar-refractivity contribution in [3.63, 3.8) is 0 Å². The molecule has 2 aliphatic rings. The monoisotopic (exact) mass is 313 g/mol. The Balaban J connectivity index is 1.85. The summed E-state index contributed by atoms with van der Waals surface area (Å²) in [6.07, 6.45) is 0.484. The summed E-state index contributed by atoms with van der Waals surface area (Å²) in [4.78, 5) is 27.8. The number of para-hydroxylation sites is 1. The van der Waals surface area contributed by atoms with Crippen LogP contribution in [0.5, 0.6) is 0 Å². The maximum Gasteiger partial charge on any atom is 0.410 e. The van der Waals surface area contributed by atoms with Crippen molar-refractivity contribution in [3.8, 4) is 0 Å². The lowest BCUT2D eigenvalue weighted by molar-refractivity contribution is -0.119. The van der Waals surface area contributed by atoms with Crippen LogP contribution >= 0.6 is 0 Å². The number of carbonyl (C=O) groups excluding carboxylic acids is 2. The number of benzene rings is 1. The molecule has 0 aliphatic carbocycles. The van der Waals surface area contributed by atoms with Crippen molar-refractivity contribution in [2.45, 2.75) is 26.4 Å². The molecule has 6 nitrogen and oxygen atoms in total. The van der Waals surface area contributed by atoms with Gasteiger partial charge in [0.15, 0.2) is 0 Å².